The van der Waals surface area contributed by atoms with Gasteiger partial charge in [-0.25, -0.2) is 0 Å². The minimum Gasteiger partial charge on any atom is -0.485 e. The van der Waals surface area contributed by atoms with Crippen LogP contribution < -0.4 is 14.4 Å². The molecule has 0 saturated carbocycles. The number of rotatable bonds is 5. The molecule has 1 aromatic heterocycles. The van der Waals surface area contributed by atoms with Crippen molar-refractivity contribution in [2.24, 2.45) is 5.92 Å². The molecule has 27 heavy (non-hydrogen) atoms. The van der Waals surface area contributed by atoms with Crippen LogP contribution in [-0.4, -0.2) is 34.0 Å². The van der Waals surface area contributed by atoms with E-state index in [2.05, 4.69) is 13.5 Å². The van der Waals surface area contributed by atoms with Gasteiger partial charge in [-0.3, -0.25) is 4.57 Å². The molecule has 0 radical (unpaired) electrons. The van der Waals surface area contributed by atoms with Crippen LogP contribution in [0.3, 0.4) is 0 Å². The lowest BCUT2D eigenvalue weighted by Gasteiger charge is -2.27. The normalized spacial score (nSPS) is 24.6. The summed E-state index contributed by atoms with van der Waals surface area (Å²) < 4.78 is 16.7. The lowest BCUT2D eigenvalue weighted by molar-refractivity contribution is -0.929. The minimum atomic E-state index is -0.279. The van der Waals surface area contributed by atoms with Crippen molar-refractivity contribution in [1.29, 1.82) is 0 Å². The summed E-state index contributed by atoms with van der Waals surface area (Å²) in [5.41, 5.74) is 0. The van der Waals surface area contributed by atoms with E-state index in [1.54, 1.807) is 0 Å². The molecule has 0 spiro atoms. The van der Waals surface area contributed by atoms with Crippen LogP contribution in [0.2, 0.25) is 0 Å². The molecule has 0 aliphatic carbocycles. The summed E-state index contributed by atoms with van der Waals surface area (Å²) in [5, 5.41) is 4.84. The maximum absolute atomic E-state index is 6.17. The third kappa shape index (κ3) is 3.80. The van der Waals surface area contributed by atoms with Gasteiger partial charge in [0.2, 0.25) is 4.77 Å². The Morgan fingerprint density at radius 3 is 2.78 bits per heavy atom. The molecule has 2 aromatic rings. The van der Waals surface area contributed by atoms with E-state index in [0.717, 1.165) is 34.7 Å². The summed E-state index contributed by atoms with van der Waals surface area (Å²) in [7, 11) is 0. The van der Waals surface area contributed by atoms with Gasteiger partial charge in [0, 0.05) is 6.54 Å². The zero-order chi connectivity index (χ0) is 18.8. The van der Waals surface area contributed by atoms with Gasteiger partial charge in [0.25, 0.3) is 0 Å². The third-order valence-corrected chi connectivity index (χ3v) is 5.85. The number of quaternary nitrogens is 1. The summed E-state index contributed by atoms with van der Waals surface area (Å²) in [6.07, 6.45) is 4.09. The van der Waals surface area contributed by atoms with Crippen LogP contribution in [0.5, 0.6) is 11.5 Å². The summed E-state index contributed by atoms with van der Waals surface area (Å²) in [6.45, 7) is 10.4. The standard InChI is InChI=1S/C20H26N4O2S/c1-3-10-23-19(18-13-25-16-6-4-5-7-17(16)26-18)21-24(20(23)27)14-22-11-8-15(2)9-12-22/h3-7,15,18H,1,8-14H2,2H3/p+1/t18-/m1/s1. The first-order valence-corrected chi connectivity index (χ1v) is 10.1. The van der Waals surface area contributed by atoms with Gasteiger partial charge in [-0.05, 0) is 43.1 Å². The van der Waals surface area contributed by atoms with Gasteiger partial charge in [-0.15, -0.1) is 11.7 Å². The van der Waals surface area contributed by atoms with Crippen LogP contribution in [0, 0.1) is 10.7 Å². The van der Waals surface area contributed by atoms with Gasteiger partial charge in [0.15, 0.2) is 30.1 Å². The van der Waals surface area contributed by atoms with Crippen LogP contribution >= 0.6 is 12.2 Å². The first kappa shape index (κ1) is 18.3. The molecular weight excluding hydrogens is 360 g/mol. The molecule has 144 valence electrons. The molecule has 1 atom stereocenters. The monoisotopic (exact) mass is 387 g/mol. The van der Waals surface area contributed by atoms with E-state index in [9.17, 15) is 0 Å². The molecule has 2 aliphatic heterocycles. The smallest absolute Gasteiger partial charge is 0.203 e. The van der Waals surface area contributed by atoms with Crippen LogP contribution in [0.4, 0.5) is 0 Å². The van der Waals surface area contributed by atoms with E-state index in [-0.39, 0.29) is 6.10 Å². The Balaban J connectivity index is 1.59. The van der Waals surface area contributed by atoms with Crippen LogP contribution in [0.15, 0.2) is 36.9 Å². The lowest BCUT2D eigenvalue weighted by Crippen LogP contribution is -3.12. The van der Waals surface area contributed by atoms with Crippen LogP contribution in [-0.2, 0) is 13.2 Å². The van der Waals surface area contributed by atoms with Crippen molar-refractivity contribution in [1.82, 2.24) is 14.3 Å². The second-order valence-corrected chi connectivity index (χ2v) is 7.86. The number of piperidine rings is 1. The third-order valence-electron chi connectivity index (χ3n) is 5.41. The van der Waals surface area contributed by atoms with E-state index in [4.69, 9.17) is 26.8 Å². The van der Waals surface area contributed by atoms with Gasteiger partial charge < -0.3 is 14.4 Å². The van der Waals surface area contributed by atoms with Gasteiger partial charge in [0.1, 0.15) is 6.61 Å². The zero-order valence-electron chi connectivity index (χ0n) is 15.8. The molecule has 4 rings (SSSR count). The van der Waals surface area contributed by atoms with Crippen molar-refractivity contribution in [3.8, 4) is 11.5 Å². The fourth-order valence-corrected chi connectivity index (χ4v) is 4.06. The van der Waals surface area contributed by atoms with Gasteiger partial charge in [-0.1, -0.05) is 25.1 Å². The molecule has 2 aliphatic rings. The van der Waals surface area contributed by atoms with Crippen molar-refractivity contribution < 1.29 is 14.4 Å². The summed E-state index contributed by atoms with van der Waals surface area (Å²) >= 11 is 5.72. The van der Waals surface area contributed by atoms with Crippen LogP contribution in [0.1, 0.15) is 31.7 Å². The van der Waals surface area contributed by atoms with E-state index in [0.29, 0.717) is 13.2 Å². The number of allylic oxidation sites excluding steroid dienone is 1. The molecule has 1 aromatic carbocycles. The minimum absolute atomic E-state index is 0.279. The van der Waals surface area contributed by atoms with Crippen molar-refractivity contribution in [3.05, 3.63) is 47.5 Å². The van der Waals surface area contributed by atoms with E-state index >= 15 is 0 Å². The summed E-state index contributed by atoms with van der Waals surface area (Å²) in [5.74, 6) is 3.14. The van der Waals surface area contributed by atoms with Crippen molar-refractivity contribution in [2.45, 2.75) is 39.1 Å². The van der Waals surface area contributed by atoms with E-state index < -0.39 is 0 Å². The number of likely N-dealkylation sites (tertiary alicyclic amines) is 1. The molecule has 7 heteroatoms. The van der Waals surface area contributed by atoms with E-state index in [1.165, 1.54) is 30.8 Å². The Bertz CT molecular complexity index is 867. The zero-order valence-corrected chi connectivity index (χ0v) is 16.6. The Morgan fingerprint density at radius 1 is 1.30 bits per heavy atom. The molecule has 1 N–H and O–H groups in total. The summed E-state index contributed by atoms with van der Waals surface area (Å²) in [6, 6.07) is 7.73. The number of nitrogens with zero attached hydrogens (tertiary/aromatic N) is 3. The second-order valence-electron chi connectivity index (χ2n) is 7.49. The predicted molar refractivity (Wildman–Crippen MR) is 106 cm³/mol. The number of hydrogen-bond acceptors (Lipinski definition) is 4. The van der Waals surface area contributed by atoms with Crippen molar-refractivity contribution >= 4 is 12.2 Å². The van der Waals surface area contributed by atoms with Crippen molar-refractivity contribution in [3.63, 3.8) is 0 Å². The topological polar surface area (TPSA) is 45.6 Å². The second kappa shape index (κ2) is 7.86. The Kier molecular flexibility index (Phi) is 5.31. The largest absolute Gasteiger partial charge is 0.485 e. The maximum atomic E-state index is 6.17. The Labute approximate surface area is 165 Å². The molecule has 3 heterocycles. The molecule has 1 fully saturated rings. The summed E-state index contributed by atoms with van der Waals surface area (Å²) in [4.78, 5) is 1.53. The van der Waals surface area contributed by atoms with Gasteiger partial charge >= 0.3 is 0 Å². The highest BCUT2D eigenvalue weighted by atomic mass is 32.1. The van der Waals surface area contributed by atoms with Gasteiger partial charge in [0.05, 0.1) is 13.1 Å². The number of fused-ring (bicyclic) bond motifs is 1. The highest BCUT2D eigenvalue weighted by Crippen LogP contribution is 2.35. The Morgan fingerprint density at radius 2 is 2.04 bits per heavy atom. The molecule has 0 bridgehead atoms. The average Bonchev–Trinajstić information content (AvgIpc) is 2.99. The number of hydrogen-bond donors (Lipinski definition) is 1. The molecule has 6 nitrogen and oxygen atoms in total. The number of nitrogens with one attached hydrogen (secondary N) is 1. The number of ether oxygens (including phenoxy) is 2. The number of benzene rings is 1. The molecule has 0 unspecified atom stereocenters. The first-order valence-electron chi connectivity index (χ1n) is 9.66. The highest BCUT2D eigenvalue weighted by molar-refractivity contribution is 7.71. The molecular formula is C20H27N4O2S+. The molecule has 0 amide bonds. The molecule has 1 saturated heterocycles. The predicted octanol–water partition coefficient (Wildman–Crippen LogP) is 2.38. The fourth-order valence-electron chi connectivity index (χ4n) is 3.79. The van der Waals surface area contributed by atoms with E-state index in [1.807, 2.05) is 39.6 Å². The highest BCUT2D eigenvalue weighted by Gasteiger charge is 2.29. The lowest BCUT2D eigenvalue weighted by atomic mass is 10.00. The maximum Gasteiger partial charge on any atom is 0.203 e. The average molecular weight is 388 g/mol. The first-order chi connectivity index (χ1) is 13.2. The SMILES string of the molecule is C=CCn1c([C@H]2COc3ccccc3O2)nn(C[NH+]2CCC(C)CC2)c1=S. The number of aromatic nitrogens is 3. The number of para-hydroxylation sites is 2. The van der Waals surface area contributed by atoms with Crippen molar-refractivity contribution in [2.75, 3.05) is 19.7 Å². The van der Waals surface area contributed by atoms with Gasteiger partial charge in [-0.2, -0.15) is 4.68 Å². The fraction of sp³-hybridized carbons (Fsp3) is 0.500. The Hall–Kier alpha value is -2.12. The van der Waals surface area contributed by atoms with Crippen LogP contribution in [0.25, 0.3) is 0 Å². The quantitative estimate of drug-likeness (QED) is 0.632.